The van der Waals surface area contributed by atoms with Gasteiger partial charge in [0.2, 0.25) is 0 Å². The van der Waals surface area contributed by atoms with Gasteiger partial charge in [-0.05, 0) is 19.4 Å². The van der Waals surface area contributed by atoms with Gasteiger partial charge in [0.15, 0.2) is 11.6 Å². The van der Waals surface area contributed by atoms with E-state index in [1.807, 2.05) is 32.9 Å². The third-order valence-electron chi connectivity index (χ3n) is 6.12. The summed E-state index contributed by atoms with van der Waals surface area (Å²) in [6.07, 6.45) is 5.99. The van der Waals surface area contributed by atoms with Gasteiger partial charge in [-0.15, -0.1) is 0 Å². The number of pyridine rings is 1. The molecule has 0 saturated heterocycles. The number of hydrogen-bond donors (Lipinski definition) is 2. The largest absolute Gasteiger partial charge is 0.371 e. The van der Waals surface area contributed by atoms with E-state index in [2.05, 4.69) is 35.6 Å². The van der Waals surface area contributed by atoms with E-state index in [9.17, 15) is 9.18 Å². The molecule has 2 N–H and O–H groups in total. The van der Waals surface area contributed by atoms with Crippen LogP contribution in [0.5, 0.6) is 0 Å². The van der Waals surface area contributed by atoms with Gasteiger partial charge in [-0.1, -0.05) is 25.1 Å². The number of carbonyl (C=O) groups is 1. The van der Waals surface area contributed by atoms with E-state index >= 15 is 0 Å². The molecule has 3 aromatic heterocycles. The van der Waals surface area contributed by atoms with Gasteiger partial charge in [0.1, 0.15) is 17.7 Å². The van der Waals surface area contributed by atoms with Crippen LogP contribution in [0, 0.1) is 5.82 Å². The summed E-state index contributed by atoms with van der Waals surface area (Å²) in [6.45, 7) is 6.36. The second kappa shape index (κ2) is 10.3. The molecule has 0 aliphatic heterocycles. The minimum Gasteiger partial charge on any atom is -0.371 e. The molecule has 0 spiro atoms. The van der Waals surface area contributed by atoms with Gasteiger partial charge < -0.3 is 15.4 Å². The first-order valence-corrected chi connectivity index (χ1v) is 11.5. The van der Waals surface area contributed by atoms with E-state index in [1.165, 1.54) is 13.4 Å². The highest BCUT2D eigenvalue weighted by Gasteiger charge is 2.23. The molecule has 0 fully saturated rings. The molecule has 4 rings (SSSR count). The Hall–Kier alpha value is -4.05. The fraction of sp³-hybridized carbons (Fsp3) is 0.308. The highest BCUT2D eigenvalue weighted by Crippen LogP contribution is 2.28. The lowest BCUT2D eigenvalue weighted by Crippen LogP contribution is -2.22. The fourth-order valence-electron chi connectivity index (χ4n) is 3.82. The summed E-state index contributed by atoms with van der Waals surface area (Å²) in [5.74, 6) is 0.0679. The number of benzene rings is 1. The Morgan fingerprint density at radius 3 is 2.56 bits per heavy atom. The van der Waals surface area contributed by atoms with Crippen LogP contribution in [-0.2, 0) is 10.3 Å². The minimum atomic E-state index is -0.652. The highest BCUT2D eigenvalue weighted by atomic mass is 19.1. The van der Waals surface area contributed by atoms with Crippen LogP contribution in [0.25, 0.3) is 22.2 Å². The van der Waals surface area contributed by atoms with Crippen LogP contribution in [0.3, 0.4) is 0 Å². The molecule has 9 nitrogen and oxygen atoms in total. The van der Waals surface area contributed by atoms with Gasteiger partial charge in [-0.3, -0.25) is 9.78 Å². The van der Waals surface area contributed by atoms with Crippen molar-refractivity contribution in [3.8, 4) is 11.3 Å². The van der Waals surface area contributed by atoms with E-state index in [-0.39, 0.29) is 11.5 Å². The summed E-state index contributed by atoms with van der Waals surface area (Å²) in [6, 6.07) is 7.27. The maximum atomic E-state index is 14.4. The molecule has 1 amide bonds. The number of para-hydroxylation sites is 1. The maximum Gasteiger partial charge on any atom is 0.254 e. The van der Waals surface area contributed by atoms with Crippen LogP contribution in [0.2, 0.25) is 0 Å². The molecule has 0 aliphatic rings. The summed E-state index contributed by atoms with van der Waals surface area (Å²) >= 11 is 0. The van der Waals surface area contributed by atoms with Crippen LogP contribution >= 0.6 is 0 Å². The zero-order valence-corrected chi connectivity index (χ0v) is 20.8. The highest BCUT2D eigenvalue weighted by molar-refractivity contribution is 6.06. The molecule has 3 heterocycles. The molecule has 10 heteroatoms. The fourth-order valence-corrected chi connectivity index (χ4v) is 3.82. The molecule has 0 aliphatic carbocycles. The summed E-state index contributed by atoms with van der Waals surface area (Å²) in [5, 5.41) is 6.30. The zero-order valence-electron chi connectivity index (χ0n) is 20.8. The zero-order chi connectivity index (χ0) is 25.9. The quantitative estimate of drug-likeness (QED) is 0.381. The molecular weight excluding hydrogens is 461 g/mol. The average Bonchev–Trinajstić information content (AvgIpc) is 2.91. The Morgan fingerprint density at radius 2 is 1.86 bits per heavy atom. The van der Waals surface area contributed by atoms with Gasteiger partial charge in [0, 0.05) is 56.0 Å². The number of halogens is 1. The van der Waals surface area contributed by atoms with Crippen molar-refractivity contribution in [2.75, 3.05) is 26.0 Å². The molecule has 0 bridgehead atoms. The standard InChI is InChI=1S/C26H28FN7O2/c1-15(17-7-6-8-18-22(24(35)28-4)19(27)13-30-23(17)18)10-29-21-9-20(33-14-34-21)16-11-31-25(32-12-16)26(2,3)36-5/h6-9,11-15H,10H2,1-5H3,(H,28,35)(H,29,33,34). The Balaban J connectivity index is 1.54. The summed E-state index contributed by atoms with van der Waals surface area (Å²) in [4.78, 5) is 34.1. The van der Waals surface area contributed by atoms with Gasteiger partial charge in [0.05, 0.1) is 23.0 Å². The second-order valence-electron chi connectivity index (χ2n) is 8.88. The third kappa shape index (κ3) is 4.99. The smallest absolute Gasteiger partial charge is 0.254 e. The van der Waals surface area contributed by atoms with E-state index in [4.69, 9.17) is 4.74 Å². The SMILES string of the molecule is CNC(=O)c1c(F)cnc2c(C(C)CNc3cc(-c4cnc(C(C)(C)OC)nc4)ncn3)cccc12. The van der Waals surface area contributed by atoms with Crippen molar-refractivity contribution in [2.24, 2.45) is 0 Å². The van der Waals surface area contributed by atoms with Crippen LogP contribution in [0.15, 0.2) is 49.2 Å². The number of anilines is 1. The van der Waals surface area contributed by atoms with Gasteiger partial charge in [-0.25, -0.2) is 24.3 Å². The number of nitrogens with zero attached hydrogens (tertiary/aromatic N) is 5. The molecule has 0 radical (unpaired) electrons. The first-order chi connectivity index (χ1) is 17.2. The monoisotopic (exact) mass is 489 g/mol. The topological polar surface area (TPSA) is 115 Å². The summed E-state index contributed by atoms with van der Waals surface area (Å²) in [7, 11) is 3.09. The van der Waals surface area contributed by atoms with Crippen molar-refractivity contribution in [3.05, 3.63) is 72.0 Å². The second-order valence-corrected chi connectivity index (χ2v) is 8.88. The maximum absolute atomic E-state index is 14.4. The van der Waals surface area contributed by atoms with Crippen molar-refractivity contribution in [3.63, 3.8) is 0 Å². The Morgan fingerprint density at radius 1 is 1.11 bits per heavy atom. The number of nitrogens with one attached hydrogen (secondary N) is 2. The number of aromatic nitrogens is 5. The third-order valence-corrected chi connectivity index (χ3v) is 6.12. The molecule has 1 aromatic carbocycles. The van der Waals surface area contributed by atoms with Crippen LogP contribution in [0.1, 0.15) is 48.4 Å². The van der Waals surface area contributed by atoms with E-state index in [0.29, 0.717) is 34.8 Å². The number of carbonyl (C=O) groups excluding carboxylic acids is 1. The molecular formula is C26H28FN7O2. The number of methoxy groups -OCH3 is 1. The van der Waals surface area contributed by atoms with Crippen molar-refractivity contribution < 1.29 is 13.9 Å². The number of ether oxygens (including phenoxy) is 1. The molecule has 36 heavy (non-hydrogen) atoms. The lowest BCUT2D eigenvalue weighted by Gasteiger charge is -2.20. The normalized spacial score (nSPS) is 12.4. The van der Waals surface area contributed by atoms with Crippen molar-refractivity contribution >= 4 is 22.6 Å². The lowest BCUT2D eigenvalue weighted by molar-refractivity contribution is 0.0115. The molecule has 1 unspecified atom stereocenters. The van der Waals surface area contributed by atoms with Crippen molar-refractivity contribution in [2.45, 2.75) is 32.3 Å². The minimum absolute atomic E-state index is 0.00734. The lowest BCUT2D eigenvalue weighted by atomic mass is 9.96. The van der Waals surface area contributed by atoms with E-state index in [0.717, 1.165) is 17.3 Å². The van der Waals surface area contributed by atoms with Gasteiger partial charge in [0.25, 0.3) is 5.91 Å². The van der Waals surface area contributed by atoms with E-state index in [1.54, 1.807) is 31.6 Å². The molecule has 186 valence electrons. The molecule has 4 aromatic rings. The first-order valence-electron chi connectivity index (χ1n) is 11.5. The molecule has 1 atom stereocenters. The van der Waals surface area contributed by atoms with Gasteiger partial charge in [-0.2, -0.15) is 0 Å². The number of rotatable bonds is 8. The Kier molecular flexibility index (Phi) is 7.16. The van der Waals surface area contributed by atoms with Crippen LogP contribution < -0.4 is 10.6 Å². The predicted molar refractivity (Wildman–Crippen MR) is 135 cm³/mol. The van der Waals surface area contributed by atoms with Crippen LogP contribution in [0.4, 0.5) is 10.2 Å². The number of fused-ring (bicyclic) bond motifs is 1. The number of amides is 1. The van der Waals surface area contributed by atoms with Crippen LogP contribution in [-0.4, -0.2) is 51.5 Å². The average molecular weight is 490 g/mol. The summed E-state index contributed by atoms with van der Waals surface area (Å²) < 4.78 is 19.8. The van der Waals surface area contributed by atoms with Crippen molar-refractivity contribution in [1.29, 1.82) is 0 Å². The Bertz CT molecular complexity index is 1390. The van der Waals surface area contributed by atoms with E-state index < -0.39 is 17.3 Å². The summed E-state index contributed by atoms with van der Waals surface area (Å²) in [5.41, 5.74) is 2.32. The van der Waals surface area contributed by atoms with Gasteiger partial charge >= 0.3 is 0 Å². The molecule has 0 saturated carbocycles. The number of hydrogen-bond acceptors (Lipinski definition) is 8. The van der Waals surface area contributed by atoms with Crippen molar-refractivity contribution in [1.82, 2.24) is 30.2 Å². The first kappa shape index (κ1) is 25.1. The predicted octanol–water partition coefficient (Wildman–Crippen LogP) is 4.08. The Labute approximate surface area is 208 Å².